The first-order valence-corrected chi connectivity index (χ1v) is 13.1. The third-order valence-electron chi connectivity index (χ3n) is 12.8. The molecular weight excluding hydrogens is 336 g/mol. The van der Waals surface area contributed by atoms with Crippen LogP contribution in [0.15, 0.2) is 0 Å². The molecule has 0 bridgehead atoms. The van der Waals surface area contributed by atoms with E-state index in [9.17, 15) is 0 Å². The summed E-state index contributed by atoms with van der Waals surface area (Å²) in [5.74, 6) is 4.88. The van der Waals surface area contributed by atoms with Crippen LogP contribution in [0.2, 0.25) is 0 Å². The zero-order valence-corrected chi connectivity index (χ0v) is 20.2. The molecule has 0 amide bonds. The molecule has 0 nitrogen and oxygen atoms in total. The van der Waals surface area contributed by atoms with E-state index < -0.39 is 0 Å². The lowest BCUT2D eigenvalue weighted by Gasteiger charge is -2.42. The van der Waals surface area contributed by atoms with Gasteiger partial charge in [-0.15, -0.1) is 0 Å². The van der Waals surface area contributed by atoms with Crippen LogP contribution in [0, 0.1) is 56.7 Å². The Morgan fingerprint density at radius 1 is 0.929 bits per heavy atom. The van der Waals surface area contributed by atoms with Gasteiger partial charge in [-0.05, 0) is 102 Å². The minimum Gasteiger partial charge on any atom is -0.0651 e. The van der Waals surface area contributed by atoms with E-state index in [1.54, 1.807) is 25.7 Å². The Labute approximate surface area is 176 Å². The van der Waals surface area contributed by atoms with Crippen LogP contribution in [-0.2, 0) is 0 Å². The van der Waals surface area contributed by atoms with Crippen molar-refractivity contribution < 1.29 is 0 Å². The fourth-order valence-electron chi connectivity index (χ4n) is 10.1. The second kappa shape index (κ2) is 5.82. The molecule has 0 aromatic carbocycles. The Hall–Kier alpha value is 0. The molecule has 160 valence electrons. The monoisotopic (exact) mass is 384 g/mol. The van der Waals surface area contributed by atoms with Crippen molar-refractivity contribution in [2.24, 2.45) is 56.7 Å². The van der Waals surface area contributed by atoms with Crippen molar-refractivity contribution in [3.05, 3.63) is 0 Å². The first-order chi connectivity index (χ1) is 13.1. The van der Waals surface area contributed by atoms with Crippen molar-refractivity contribution in [1.29, 1.82) is 0 Å². The molecule has 6 unspecified atom stereocenters. The van der Waals surface area contributed by atoms with E-state index in [4.69, 9.17) is 0 Å². The molecule has 0 saturated heterocycles. The van der Waals surface area contributed by atoms with Crippen molar-refractivity contribution in [2.75, 3.05) is 0 Å². The Morgan fingerprint density at radius 3 is 2.14 bits per heavy atom. The minimum atomic E-state index is 0.532. The van der Waals surface area contributed by atoms with Gasteiger partial charge in [-0.1, -0.05) is 74.1 Å². The van der Waals surface area contributed by atoms with Crippen molar-refractivity contribution >= 4 is 0 Å². The third-order valence-corrected chi connectivity index (χ3v) is 12.8. The molecule has 28 heavy (non-hydrogen) atoms. The van der Waals surface area contributed by atoms with Crippen LogP contribution in [-0.4, -0.2) is 0 Å². The van der Waals surface area contributed by atoms with Crippen LogP contribution < -0.4 is 0 Å². The van der Waals surface area contributed by atoms with Gasteiger partial charge in [0.15, 0.2) is 0 Å². The predicted octanol–water partition coefficient (Wildman–Crippen LogP) is 8.50. The van der Waals surface area contributed by atoms with Crippen molar-refractivity contribution in [3.8, 4) is 0 Å². The van der Waals surface area contributed by atoms with Gasteiger partial charge in [0.05, 0.1) is 0 Å². The van der Waals surface area contributed by atoms with E-state index >= 15 is 0 Å². The van der Waals surface area contributed by atoms with Gasteiger partial charge in [-0.25, -0.2) is 0 Å². The van der Waals surface area contributed by atoms with Crippen LogP contribution in [0.4, 0.5) is 0 Å². The van der Waals surface area contributed by atoms with E-state index in [2.05, 4.69) is 48.5 Å². The van der Waals surface area contributed by atoms with Crippen LogP contribution in [0.25, 0.3) is 0 Å². The fraction of sp³-hybridized carbons (Fsp3) is 1.00. The molecule has 5 aliphatic carbocycles. The van der Waals surface area contributed by atoms with Gasteiger partial charge < -0.3 is 0 Å². The van der Waals surface area contributed by atoms with Crippen molar-refractivity contribution in [3.63, 3.8) is 0 Å². The lowest BCUT2D eigenvalue weighted by Crippen LogP contribution is -2.32. The molecule has 0 heteroatoms. The molecular formula is C28H48. The molecule has 1 spiro atoms. The zero-order valence-electron chi connectivity index (χ0n) is 20.2. The topological polar surface area (TPSA) is 0 Å². The van der Waals surface area contributed by atoms with Gasteiger partial charge in [0, 0.05) is 0 Å². The van der Waals surface area contributed by atoms with E-state index in [1.807, 2.05) is 0 Å². The second-order valence-electron chi connectivity index (χ2n) is 13.7. The van der Waals surface area contributed by atoms with Crippen molar-refractivity contribution in [2.45, 2.75) is 119 Å². The summed E-state index contributed by atoms with van der Waals surface area (Å²) in [7, 11) is 0. The maximum Gasteiger partial charge on any atom is -0.0174 e. The average molecular weight is 385 g/mol. The number of rotatable bonds is 8. The highest BCUT2D eigenvalue weighted by Crippen LogP contribution is 2.99. The summed E-state index contributed by atoms with van der Waals surface area (Å²) < 4.78 is 0. The quantitative estimate of drug-likeness (QED) is 0.368. The largest absolute Gasteiger partial charge is 0.0651 e. The molecule has 6 atom stereocenters. The summed E-state index contributed by atoms with van der Waals surface area (Å²) >= 11 is 0. The smallest absolute Gasteiger partial charge is 0.0174 e. The van der Waals surface area contributed by atoms with Gasteiger partial charge >= 0.3 is 0 Å². The molecule has 5 fully saturated rings. The van der Waals surface area contributed by atoms with Gasteiger partial charge in [0.2, 0.25) is 0 Å². The molecule has 0 aromatic heterocycles. The molecule has 5 saturated carbocycles. The van der Waals surface area contributed by atoms with E-state index in [0.29, 0.717) is 16.2 Å². The van der Waals surface area contributed by atoms with Crippen molar-refractivity contribution in [1.82, 2.24) is 0 Å². The molecule has 5 aliphatic rings. The predicted molar refractivity (Wildman–Crippen MR) is 120 cm³/mol. The molecule has 0 aliphatic heterocycles. The molecule has 0 heterocycles. The van der Waals surface area contributed by atoms with E-state index in [0.717, 1.165) is 40.4 Å². The van der Waals surface area contributed by atoms with Crippen LogP contribution in [0.1, 0.15) is 119 Å². The van der Waals surface area contributed by atoms with Gasteiger partial charge in [0.25, 0.3) is 0 Å². The third kappa shape index (κ3) is 2.20. The highest BCUT2D eigenvalue weighted by molar-refractivity contribution is 5.40. The van der Waals surface area contributed by atoms with Gasteiger partial charge in [-0.2, -0.15) is 0 Å². The summed E-state index contributed by atoms with van der Waals surface area (Å²) in [5.41, 5.74) is 3.64. The molecule has 0 radical (unpaired) electrons. The van der Waals surface area contributed by atoms with Crippen LogP contribution >= 0.6 is 0 Å². The highest BCUT2D eigenvalue weighted by Gasteiger charge is 2.91. The summed E-state index contributed by atoms with van der Waals surface area (Å²) in [6.45, 7) is 17.9. The average Bonchev–Trinajstić information content (AvgIpc) is 3.43. The number of unbranched alkanes of at least 4 members (excludes halogenated alkanes) is 1. The Bertz CT molecular complexity index is 634. The van der Waals surface area contributed by atoms with Gasteiger partial charge in [-0.3, -0.25) is 0 Å². The SMILES string of the molecule is CCC1CC(C(C)CCCCC2CC34CC23C4)CC2(C1)C(C)(C)C2(C)C(C)C. The Balaban J connectivity index is 1.17. The standard InChI is InChI=1S/C28H48/c1-8-21-13-22(15-28(14-21)24(5,6)25(28,7)19(2)3)20(4)11-9-10-12-23-16-26-17-27(23,26)18-26/h19-23H,8-18H2,1-7H3. The molecule has 0 aromatic rings. The summed E-state index contributed by atoms with van der Waals surface area (Å²) in [5, 5.41) is 0. The minimum absolute atomic E-state index is 0.532. The Morgan fingerprint density at radius 2 is 1.64 bits per heavy atom. The molecule has 5 rings (SSSR count). The van der Waals surface area contributed by atoms with E-state index in [1.165, 1.54) is 44.9 Å². The maximum absolute atomic E-state index is 2.64. The number of hydrogen-bond donors (Lipinski definition) is 0. The summed E-state index contributed by atoms with van der Waals surface area (Å²) in [6.07, 6.45) is 17.0. The summed E-state index contributed by atoms with van der Waals surface area (Å²) in [4.78, 5) is 0. The fourth-order valence-corrected chi connectivity index (χ4v) is 10.1. The lowest BCUT2D eigenvalue weighted by atomic mass is 9.63. The lowest BCUT2D eigenvalue weighted by molar-refractivity contribution is 0.0826. The van der Waals surface area contributed by atoms with E-state index in [-0.39, 0.29) is 0 Å². The first-order valence-electron chi connectivity index (χ1n) is 13.1. The number of hydrogen-bond acceptors (Lipinski definition) is 0. The van der Waals surface area contributed by atoms with Crippen LogP contribution in [0.3, 0.4) is 0 Å². The van der Waals surface area contributed by atoms with Crippen LogP contribution in [0.5, 0.6) is 0 Å². The first kappa shape index (κ1) is 19.9. The van der Waals surface area contributed by atoms with Gasteiger partial charge in [0.1, 0.15) is 0 Å². The molecule has 0 N–H and O–H groups in total. The zero-order chi connectivity index (χ0) is 20.2. The maximum atomic E-state index is 2.64. The second-order valence-corrected chi connectivity index (χ2v) is 13.7. The highest BCUT2D eigenvalue weighted by atomic mass is 15.0. The Kier molecular flexibility index (Phi) is 4.14. The normalized spacial score (nSPS) is 53.4. The summed E-state index contributed by atoms with van der Waals surface area (Å²) in [6, 6.07) is 0.